The van der Waals surface area contributed by atoms with Crippen molar-refractivity contribution in [2.24, 2.45) is 0 Å². The molecule has 9 heteroatoms. The third-order valence-corrected chi connectivity index (χ3v) is 4.95. The van der Waals surface area contributed by atoms with Crippen LogP contribution in [-0.2, 0) is 0 Å². The summed E-state index contributed by atoms with van der Waals surface area (Å²) in [6.07, 6.45) is 0. The molecule has 6 nitrogen and oxygen atoms in total. The predicted octanol–water partition coefficient (Wildman–Crippen LogP) is 4.20. The van der Waals surface area contributed by atoms with Crippen LogP contribution in [0.3, 0.4) is 0 Å². The zero-order valence-electron chi connectivity index (χ0n) is 13.7. The van der Waals surface area contributed by atoms with Gasteiger partial charge < -0.3 is 0 Å². The average molecular weight is 380 g/mol. The lowest BCUT2D eigenvalue weighted by Gasteiger charge is -2.03. The Morgan fingerprint density at radius 1 is 1.28 bits per heavy atom. The van der Waals surface area contributed by atoms with Crippen molar-refractivity contribution < 1.29 is 9.18 Å². The number of aromatic nitrogens is 4. The van der Waals surface area contributed by atoms with Gasteiger partial charge in [0.15, 0.2) is 0 Å². The summed E-state index contributed by atoms with van der Waals surface area (Å²) in [4.78, 5) is 12.6. The summed E-state index contributed by atoms with van der Waals surface area (Å²) in [6, 6.07) is 5.68. The zero-order valence-corrected chi connectivity index (χ0v) is 15.3. The number of hydrogen-bond acceptors (Lipinski definition) is 5. The van der Waals surface area contributed by atoms with E-state index in [9.17, 15) is 9.18 Å². The summed E-state index contributed by atoms with van der Waals surface area (Å²) in [5.74, 6) is -0.545. The third-order valence-electron chi connectivity index (χ3n) is 3.46. The van der Waals surface area contributed by atoms with E-state index in [0.29, 0.717) is 16.5 Å². The van der Waals surface area contributed by atoms with E-state index in [-0.39, 0.29) is 22.5 Å². The Morgan fingerprint density at radius 3 is 2.56 bits per heavy atom. The van der Waals surface area contributed by atoms with Crippen molar-refractivity contribution in [3.05, 3.63) is 51.5 Å². The van der Waals surface area contributed by atoms with Crippen LogP contribution in [0, 0.1) is 12.7 Å². The number of carbonyl (C=O) groups is 1. The van der Waals surface area contributed by atoms with Crippen LogP contribution in [0.4, 0.5) is 9.52 Å². The first-order chi connectivity index (χ1) is 11.9. The smallest absolute Gasteiger partial charge is 0.262 e. The summed E-state index contributed by atoms with van der Waals surface area (Å²) in [5.41, 5.74) is 1.26. The second kappa shape index (κ2) is 6.89. The molecule has 0 aliphatic rings. The molecule has 0 fully saturated rings. The summed E-state index contributed by atoms with van der Waals surface area (Å²) in [5, 5.41) is 16.3. The van der Waals surface area contributed by atoms with Crippen molar-refractivity contribution in [3.63, 3.8) is 0 Å². The largest absolute Gasteiger partial charge is 0.296 e. The molecule has 0 saturated carbocycles. The number of hydrogen-bond donors (Lipinski definition) is 1. The lowest BCUT2D eigenvalue weighted by molar-refractivity contribution is 0.102. The van der Waals surface area contributed by atoms with Gasteiger partial charge in [-0.15, -0.1) is 10.2 Å². The topological polar surface area (TPSA) is 72.7 Å². The van der Waals surface area contributed by atoms with Gasteiger partial charge in [0, 0.05) is 5.92 Å². The second-order valence-corrected chi connectivity index (χ2v) is 7.06. The molecule has 0 bridgehead atoms. The standard InChI is InChI=1S/C16H15ClFN5OS/c1-8(2)15-20-21-16(25-15)19-14(24)12-9(3)22-23(13(12)17)11-6-4-10(18)5-7-11/h4-8H,1-3H3,(H,19,21,24). The van der Waals surface area contributed by atoms with E-state index in [0.717, 1.165) is 5.01 Å². The molecule has 0 spiro atoms. The quantitative estimate of drug-likeness (QED) is 0.737. The van der Waals surface area contributed by atoms with Crippen molar-refractivity contribution in [1.29, 1.82) is 0 Å². The minimum atomic E-state index is -0.415. The summed E-state index contributed by atoms with van der Waals surface area (Å²) >= 11 is 7.65. The highest BCUT2D eigenvalue weighted by Gasteiger charge is 2.22. The van der Waals surface area contributed by atoms with E-state index in [1.54, 1.807) is 6.92 Å². The van der Waals surface area contributed by atoms with Gasteiger partial charge in [0.1, 0.15) is 21.5 Å². The van der Waals surface area contributed by atoms with Crippen molar-refractivity contribution in [2.75, 3.05) is 5.32 Å². The van der Waals surface area contributed by atoms with E-state index < -0.39 is 5.91 Å². The minimum Gasteiger partial charge on any atom is -0.296 e. The first-order valence-electron chi connectivity index (χ1n) is 7.52. The van der Waals surface area contributed by atoms with Gasteiger partial charge in [-0.3, -0.25) is 10.1 Å². The molecule has 1 amide bonds. The van der Waals surface area contributed by atoms with Crippen LogP contribution in [0.15, 0.2) is 24.3 Å². The maximum absolute atomic E-state index is 13.1. The van der Waals surface area contributed by atoms with Gasteiger partial charge in [-0.2, -0.15) is 5.10 Å². The van der Waals surface area contributed by atoms with Crippen LogP contribution in [-0.4, -0.2) is 25.9 Å². The molecule has 130 valence electrons. The minimum absolute atomic E-state index is 0.148. The molecule has 1 aromatic carbocycles. The fourth-order valence-electron chi connectivity index (χ4n) is 2.19. The highest BCUT2D eigenvalue weighted by Crippen LogP contribution is 2.26. The number of rotatable bonds is 4. The highest BCUT2D eigenvalue weighted by molar-refractivity contribution is 7.15. The maximum atomic E-state index is 13.1. The second-order valence-electron chi connectivity index (χ2n) is 5.69. The molecule has 25 heavy (non-hydrogen) atoms. The number of aryl methyl sites for hydroxylation is 1. The first kappa shape index (κ1) is 17.5. The molecule has 0 atom stereocenters. The molecular formula is C16H15ClFN5OS. The lowest BCUT2D eigenvalue weighted by Crippen LogP contribution is -2.13. The van der Waals surface area contributed by atoms with Crippen molar-refractivity contribution >= 4 is 34.0 Å². The van der Waals surface area contributed by atoms with E-state index in [4.69, 9.17) is 11.6 Å². The van der Waals surface area contributed by atoms with Gasteiger partial charge >= 0.3 is 0 Å². The zero-order chi connectivity index (χ0) is 18.1. The molecule has 0 aliphatic heterocycles. The monoisotopic (exact) mass is 379 g/mol. The van der Waals surface area contributed by atoms with Gasteiger partial charge in [-0.05, 0) is 31.2 Å². The summed E-state index contributed by atoms with van der Waals surface area (Å²) < 4.78 is 14.5. The van der Waals surface area contributed by atoms with E-state index in [1.807, 2.05) is 13.8 Å². The van der Waals surface area contributed by atoms with Gasteiger partial charge in [-0.25, -0.2) is 9.07 Å². The number of amides is 1. The number of halogens is 2. The Balaban J connectivity index is 1.89. The van der Waals surface area contributed by atoms with E-state index >= 15 is 0 Å². The molecule has 0 aliphatic carbocycles. The summed E-state index contributed by atoms with van der Waals surface area (Å²) in [6.45, 7) is 5.68. The van der Waals surface area contributed by atoms with Gasteiger partial charge in [0.05, 0.1) is 11.4 Å². The molecule has 3 aromatic rings. The van der Waals surface area contributed by atoms with E-state index in [1.165, 1.54) is 40.3 Å². The van der Waals surface area contributed by atoms with Crippen LogP contribution in [0.25, 0.3) is 5.69 Å². The van der Waals surface area contributed by atoms with Crippen LogP contribution in [0.5, 0.6) is 0 Å². The van der Waals surface area contributed by atoms with Crippen LogP contribution >= 0.6 is 22.9 Å². The molecule has 0 saturated heterocycles. The maximum Gasteiger partial charge on any atom is 0.262 e. The Morgan fingerprint density at radius 2 is 1.96 bits per heavy atom. The van der Waals surface area contributed by atoms with Crippen LogP contribution in [0.1, 0.15) is 40.8 Å². The number of nitrogens with zero attached hydrogens (tertiary/aromatic N) is 4. The van der Waals surface area contributed by atoms with Crippen molar-refractivity contribution in [2.45, 2.75) is 26.7 Å². The Kier molecular flexibility index (Phi) is 4.82. The molecule has 1 N–H and O–H groups in total. The number of benzene rings is 1. The summed E-state index contributed by atoms with van der Waals surface area (Å²) in [7, 11) is 0. The molecular weight excluding hydrogens is 365 g/mol. The number of carbonyl (C=O) groups excluding carboxylic acids is 1. The molecule has 2 heterocycles. The Hall–Kier alpha value is -2.32. The normalized spacial score (nSPS) is 11.1. The van der Waals surface area contributed by atoms with Crippen molar-refractivity contribution in [1.82, 2.24) is 20.0 Å². The molecule has 0 radical (unpaired) electrons. The molecule has 3 rings (SSSR count). The first-order valence-corrected chi connectivity index (χ1v) is 8.72. The fraction of sp³-hybridized carbons (Fsp3) is 0.250. The van der Waals surface area contributed by atoms with E-state index in [2.05, 4.69) is 20.6 Å². The van der Waals surface area contributed by atoms with Gasteiger partial charge in [0.2, 0.25) is 5.13 Å². The van der Waals surface area contributed by atoms with Crippen LogP contribution < -0.4 is 5.32 Å². The number of anilines is 1. The fourth-order valence-corrected chi connectivity index (χ4v) is 3.29. The Bertz CT molecular complexity index is 919. The third kappa shape index (κ3) is 3.54. The van der Waals surface area contributed by atoms with Crippen molar-refractivity contribution in [3.8, 4) is 5.69 Å². The predicted molar refractivity (Wildman–Crippen MR) is 95.2 cm³/mol. The Labute approximate surface area is 152 Å². The lowest BCUT2D eigenvalue weighted by atomic mass is 10.2. The molecule has 0 unspecified atom stereocenters. The van der Waals surface area contributed by atoms with Gasteiger partial charge in [0.25, 0.3) is 5.91 Å². The SMILES string of the molecule is Cc1nn(-c2ccc(F)cc2)c(Cl)c1C(=O)Nc1nnc(C(C)C)s1. The molecule has 2 aromatic heterocycles. The number of nitrogens with one attached hydrogen (secondary N) is 1. The average Bonchev–Trinajstić information content (AvgIpc) is 3.13. The highest BCUT2D eigenvalue weighted by atomic mass is 35.5. The van der Waals surface area contributed by atoms with Gasteiger partial charge in [-0.1, -0.05) is 36.8 Å². The van der Waals surface area contributed by atoms with Crippen LogP contribution in [0.2, 0.25) is 5.15 Å².